The van der Waals surface area contributed by atoms with Crippen LogP contribution in [0.15, 0.2) is 18.2 Å². The number of hydrogen-bond donors (Lipinski definition) is 3. The van der Waals surface area contributed by atoms with E-state index in [9.17, 15) is 19.2 Å². The molecule has 1 aromatic rings. The van der Waals surface area contributed by atoms with E-state index in [1.54, 1.807) is 25.1 Å². The molecule has 31 heavy (non-hydrogen) atoms. The second-order valence-corrected chi connectivity index (χ2v) is 8.70. The van der Waals surface area contributed by atoms with Crippen molar-refractivity contribution >= 4 is 35.1 Å². The SMILES string of the molecule is CC(C(=O)Nc1cc(C(N)=O)ccc1N1CCCCC1)N1C(=O)NC2(CCCC2)C1=O. The Balaban J connectivity index is 1.57. The number of urea groups is 1. The number of rotatable bonds is 5. The summed E-state index contributed by atoms with van der Waals surface area (Å²) in [6, 6.07) is 3.47. The third kappa shape index (κ3) is 3.84. The second kappa shape index (κ2) is 8.20. The van der Waals surface area contributed by atoms with Gasteiger partial charge in [-0.1, -0.05) is 12.8 Å². The monoisotopic (exact) mass is 427 g/mol. The number of nitrogens with one attached hydrogen (secondary N) is 2. The number of amides is 5. The number of anilines is 2. The van der Waals surface area contributed by atoms with Crippen molar-refractivity contribution in [2.45, 2.75) is 63.5 Å². The second-order valence-electron chi connectivity index (χ2n) is 8.70. The summed E-state index contributed by atoms with van der Waals surface area (Å²) < 4.78 is 0. The van der Waals surface area contributed by atoms with Crippen LogP contribution in [0.3, 0.4) is 0 Å². The van der Waals surface area contributed by atoms with Crippen molar-refractivity contribution in [3.63, 3.8) is 0 Å². The van der Waals surface area contributed by atoms with Crippen LogP contribution in [-0.2, 0) is 9.59 Å². The van der Waals surface area contributed by atoms with Crippen molar-refractivity contribution in [3.05, 3.63) is 23.8 Å². The van der Waals surface area contributed by atoms with Gasteiger partial charge in [0.05, 0.1) is 11.4 Å². The van der Waals surface area contributed by atoms with Gasteiger partial charge in [0.1, 0.15) is 11.6 Å². The Kier molecular flexibility index (Phi) is 5.60. The zero-order valence-electron chi connectivity index (χ0n) is 17.8. The highest BCUT2D eigenvalue weighted by atomic mass is 16.2. The lowest BCUT2D eigenvalue weighted by Crippen LogP contribution is -2.48. The first-order valence-corrected chi connectivity index (χ1v) is 11.0. The van der Waals surface area contributed by atoms with Crippen molar-refractivity contribution < 1.29 is 19.2 Å². The third-order valence-corrected chi connectivity index (χ3v) is 6.65. The molecular weight excluding hydrogens is 398 g/mol. The minimum atomic E-state index is -0.987. The average molecular weight is 428 g/mol. The van der Waals surface area contributed by atoms with Gasteiger partial charge >= 0.3 is 6.03 Å². The maximum Gasteiger partial charge on any atom is 0.325 e. The molecule has 1 atom stereocenters. The molecule has 4 rings (SSSR count). The first-order chi connectivity index (χ1) is 14.8. The smallest absolute Gasteiger partial charge is 0.325 e. The summed E-state index contributed by atoms with van der Waals surface area (Å²) in [5.41, 5.74) is 6.11. The van der Waals surface area contributed by atoms with Crippen LogP contribution >= 0.6 is 0 Å². The van der Waals surface area contributed by atoms with Crippen molar-refractivity contribution in [2.75, 3.05) is 23.3 Å². The van der Waals surface area contributed by atoms with E-state index in [4.69, 9.17) is 5.73 Å². The third-order valence-electron chi connectivity index (χ3n) is 6.65. The van der Waals surface area contributed by atoms with Gasteiger partial charge < -0.3 is 21.3 Å². The van der Waals surface area contributed by atoms with Gasteiger partial charge in [-0.25, -0.2) is 9.69 Å². The summed E-state index contributed by atoms with van der Waals surface area (Å²) >= 11 is 0. The lowest BCUT2D eigenvalue weighted by Gasteiger charge is -2.31. The Morgan fingerprint density at radius 1 is 1.10 bits per heavy atom. The minimum absolute atomic E-state index is 0.281. The van der Waals surface area contributed by atoms with Crippen LogP contribution in [0.1, 0.15) is 62.2 Å². The van der Waals surface area contributed by atoms with Gasteiger partial charge in [0, 0.05) is 18.7 Å². The lowest BCUT2D eigenvalue weighted by molar-refractivity contribution is -0.136. The average Bonchev–Trinajstić information content (AvgIpc) is 3.32. The number of hydrogen-bond acceptors (Lipinski definition) is 5. The van der Waals surface area contributed by atoms with Gasteiger partial charge in [-0.3, -0.25) is 14.4 Å². The van der Waals surface area contributed by atoms with Crippen LogP contribution in [0.5, 0.6) is 0 Å². The summed E-state index contributed by atoms with van der Waals surface area (Å²) in [4.78, 5) is 53.5. The first-order valence-electron chi connectivity index (χ1n) is 11.0. The van der Waals surface area contributed by atoms with Crippen LogP contribution in [0.4, 0.5) is 16.2 Å². The molecule has 0 radical (unpaired) electrons. The molecule has 3 fully saturated rings. The van der Waals surface area contributed by atoms with Gasteiger partial charge in [0.2, 0.25) is 11.8 Å². The van der Waals surface area contributed by atoms with E-state index in [0.717, 1.165) is 55.8 Å². The first kappa shape index (κ1) is 21.1. The molecule has 2 saturated heterocycles. The van der Waals surface area contributed by atoms with E-state index >= 15 is 0 Å². The van der Waals surface area contributed by atoms with Crippen molar-refractivity contribution in [2.24, 2.45) is 5.73 Å². The van der Waals surface area contributed by atoms with E-state index in [1.165, 1.54) is 0 Å². The van der Waals surface area contributed by atoms with E-state index in [1.807, 2.05) is 0 Å². The summed E-state index contributed by atoms with van der Waals surface area (Å²) in [5, 5.41) is 5.64. The molecule has 5 amide bonds. The zero-order valence-corrected chi connectivity index (χ0v) is 17.8. The molecule has 4 N–H and O–H groups in total. The Bertz CT molecular complexity index is 918. The van der Waals surface area contributed by atoms with E-state index in [2.05, 4.69) is 15.5 Å². The van der Waals surface area contributed by atoms with Gasteiger partial charge in [-0.2, -0.15) is 0 Å². The molecule has 9 heteroatoms. The molecule has 2 aliphatic heterocycles. The highest BCUT2D eigenvalue weighted by Crippen LogP contribution is 2.36. The highest BCUT2D eigenvalue weighted by Gasteiger charge is 2.54. The number of primary amides is 1. The largest absolute Gasteiger partial charge is 0.370 e. The van der Waals surface area contributed by atoms with Crippen LogP contribution in [-0.4, -0.2) is 53.3 Å². The fraction of sp³-hybridized carbons (Fsp3) is 0.545. The summed E-state index contributed by atoms with van der Waals surface area (Å²) in [5.74, 6) is -1.41. The van der Waals surface area contributed by atoms with Gasteiger partial charge in [-0.15, -0.1) is 0 Å². The normalized spacial score (nSPS) is 21.3. The van der Waals surface area contributed by atoms with Gasteiger partial charge in [0.15, 0.2) is 0 Å². The predicted octanol–water partition coefficient (Wildman–Crippen LogP) is 1.97. The van der Waals surface area contributed by atoms with Crippen LogP contribution < -0.4 is 21.3 Å². The number of benzene rings is 1. The molecule has 166 valence electrons. The summed E-state index contributed by atoms with van der Waals surface area (Å²) in [6.07, 6.45) is 6.20. The fourth-order valence-electron chi connectivity index (χ4n) is 4.86. The van der Waals surface area contributed by atoms with Gasteiger partial charge in [0.25, 0.3) is 5.91 Å². The topological polar surface area (TPSA) is 125 Å². The Morgan fingerprint density at radius 3 is 2.42 bits per heavy atom. The summed E-state index contributed by atoms with van der Waals surface area (Å²) in [6.45, 7) is 3.24. The molecule has 1 saturated carbocycles. The molecule has 0 aromatic heterocycles. The lowest BCUT2D eigenvalue weighted by atomic mass is 9.97. The Labute approximate surface area is 181 Å². The molecule has 2 heterocycles. The number of carbonyl (C=O) groups is 4. The number of nitrogens with zero attached hydrogens (tertiary/aromatic N) is 2. The fourth-order valence-corrected chi connectivity index (χ4v) is 4.86. The van der Waals surface area contributed by atoms with Crippen molar-refractivity contribution in [1.29, 1.82) is 0 Å². The summed E-state index contributed by atoms with van der Waals surface area (Å²) in [7, 11) is 0. The molecule has 9 nitrogen and oxygen atoms in total. The molecule has 0 bridgehead atoms. The van der Waals surface area contributed by atoms with Crippen molar-refractivity contribution in [1.82, 2.24) is 10.2 Å². The molecule has 1 spiro atoms. The molecule has 1 aliphatic carbocycles. The van der Waals surface area contributed by atoms with Crippen LogP contribution in [0, 0.1) is 0 Å². The van der Waals surface area contributed by atoms with Crippen LogP contribution in [0.2, 0.25) is 0 Å². The maximum absolute atomic E-state index is 13.1. The molecule has 3 aliphatic rings. The number of piperidine rings is 1. The Hall–Kier alpha value is -3.10. The standard InChI is InChI=1S/C22H29N5O4/c1-14(27-20(30)22(25-21(27)31)9-3-4-10-22)19(29)24-16-13-15(18(23)28)7-8-17(16)26-11-5-2-6-12-26/h7-8,13-14H,2-6,9-12H2,1H3,(H2,23,28)(H,24,29)(H,25,31). The quantitative estimate of drug-likeness (QED) is 0.620. The van der Waals surface area contributed by atoms with Crippen LogP contribution in [0.25, 0.3) is 0 Å². The number of carbonyl (C=O) groups excluding carboxylic acids is 4. The minimum Gasteiger partial charge on any atom is -0.370 e. The number of imide groups is 1. The molecule has 1 unspecified atom stereocenters. The number of nitrogens with two attached hydrogens (primary N) is 1. The maximum atomic E-state index is 13.1. The zero-order chi connectivity index (χ0) is 22.2. The Morgan fingerprint density at radius 2 is 1.77 bits per heavy atom. The van der Waals surface area contributed by atoms with Crippen molar-refractivity contribution in [3.8, 4) is 0 Å². The van der Waals surface area contributed by atoms with E-state index in [0.29, 0.717) is 18.5 Å². The molecule has 1 aromatic carbocycles. The predicted molar refractivity (Wildman–Crippen MR) is 116 cm³/mol. The van der Waals surface area contributed by atoms with Gasteiger partial charge in [-0.05, 0) is 57.2 Å². The highest BCUT2D eigenvalue weighted by molar-refractivity contribution is 6.11. The molecular formula is C22H29N5O4. The van der Waals surface area contributed by atoms with E-state index in [-0.39, 0.29) is 11.5 Å². The van der Waals surface area contributed by atoms with E-state index < -0.39 is 29.4 Å².